The largest absolute Gasteiger partial charge is 0.122 e. The third kappa shape index (κ3) is 3.29. The Morgan fingerprint density at radius 2 is 1.73 bits per heavy atom. The molecule has 22 heavy (non-hydrogen) atoms. The summed E-state index contributed by atoms with van der Waals surface area (Å²) >= 11 is 14.3. The quantitative estimate of drug-likeness (QED) is 0.388. The van der Waals surface area contributed by atoms with Crippen LogP contribution >= 0.6 is 23.2 Å². The highest BCUT2D eigenvalue weighted by Crippen LogP contribution is 2.53. The van der Waals surface area contributed by atoms with Crippen LogP contribution in [0.3, 0.4) is 0 Å². The Morgan fingerprint density at radius 3 is 2.36 bits per heavy atom. The van der Waals surface area contributed by atoms with Gasteiger partial charge in [0.05, 0.1) is 4.87 Å². The highest BCUT2D eigenvalue weighted by molar-refractivity contribution is 6.28. The van der Waals surface area contributed by atoms with E-state index in [1.165, 1.54) is 56.9 Å². The molecule has 0 aromatic rings. The normalized spacial score (nSPS) is 36.7. The maximum Gasteiger partial charge on any atom is 0.0728 e. The molecular formula is C20H30Cl2. The van der Waals surface area contributed by atoms with E-state index in [0.29, 0.717) is 11.8 Å². The fraction of sp³-hybridized carbons (Fsp3) is 0.800. The van der Waals surface area contributed by atoms with E-state index in [1.54, 1.807) is 0 Å². The van der Waals surface area contributed by atoms with Crippen molar-refractivity contribution in [2.45, 2.75) is 81.4 Å². The second-order valence-corrected chi connectivity index (χ2v) is 8.96. The second-order valence-electron chi connectivity index (χ2n) is 7.78. The van der Waals surface area contributed by atoms with E-state index in [-0.39, 0.29) is 10.3 Å². The smallest absolute Gasteiger partial charge is 0.0728 e. The van der Waals surface area contributed by atoms with Gasteiger partial charge in [0.2, 0.25) is 0 Å². The van der Waals surface area contributed by atoms with Crippen molar-refractivity contribution in [3.8, 4) is 0 Å². The Balaban J connectivity index is 1.92. The Hall–Kier alpha value is 0.0600. The zero-order valence-corrected chi connectivity index (χ0v) is 15.4. The summed E-state index contributed by atoms with van der Waals surface area (Å²) < 4.78 is 0. The van der Waals surface area contributed by atoms with Gasteiger partial charge in [-0.15, -0.1) is 23.2 Å². The SMILES string of the molecule is CC1CC=C(C(Cl)(C2CCCCC2)C2CC=CCC2Cl)CC1. The summed E-state index contributed by atoms with van der Waals surface area (Å²) in [6.07, 6.45) is 19.4. The van der Waals surface area contributed by atoms with Crippen molar-refractivity contribution >= 4 is 23.2 Å². The summed E-state index contributed by atoms with van der Waals surface area (Å²) in [6.45, 7) is 2.36. The van der Waals surface area contributed by atoms with Crippen LogP contribution in [-0.2, 0) is 0 Å². The predicted molar refractivity (Wildman–Crippen MR) is 97.8 cm³/mol. The van der Waals surface area contributed by atoms with Gasteiger partial charge in [0.1, 0.15) is 0 Å². The highest BCUT2D eigenvalue weighted by Gasteiger charge is 2.49. The van der Waals surface area contributed by atoms with Crippen molar-refractivity contribution in [1.29, 1.82) is 0 Å². The molecule has 0 spiro atoms. The number of hydrogen-bond acceptors (Lipinski definition) is 0. The fourth-order valence-corrected chi connectivity index (χ4v) is 5.95. The molecule has 1 fully saturated rings. The van der Waals surface area contributed by atoms with Gasteiger partial charge in [-0.3, -0.25) is 0 Å². The first-order valence-corrected chi connectivity index (χ1v) is 10.1. The van der Waals surface area contributed by atoms with Gasteiger partial charge in [-0.2, -0.15) is 0 Å². The van der Waals surface area contributed by atoms with Crippen LogP contribution in [0.1, 0.15) is 71.1 Å². The van der Waals surface area contributed by atoms with Crippen LogP contribution in [0, 0.1) is 17.8 Å². The molecule has 0 N–H and O–H groups in total. The summed E-state index contributed by atoms with van der Waals surface area (Å²) in [5.41, 5.74) is 1.53. The molecule has 3 rings (SSSR count). The minimum absolute atomic E-state index is 0.183. The summed E-state index contributed by atoms with van der Waals surface area (Å²) in [5.74, 6) is 1.85. The summed E-state index contributed by atoms with van der Waals surface area (Å²) in [4.78, 5) is -0.183. The second kappa shape index (κ2) is 7.31. The summed E-state index contributed by atoms with van der Waals surface area (Å²) in [5, 5.41) is 0.199. The fourth-order valence-electron chi connectivity index (χ4n) is 4.85. The molecule has 3 aliphatic rings. The van der Waals surface area contributed by atoms with Gasteiger partial charge in [-0.1, -0.05) is 50.0 Å². The van der Waals surface area contributed by atoms with Crippen molar-refractivity contribution < 1.29 is 0 Å². The van der Waals surface area contributed by atoms with E-state index in [4.69, 9.17) is 23.2 Å². The molecule has 1 saturated carbocycles. The zero-order chi connectivity index (χ0) is 15.6. The lowest BCUT2D eigenvalue weighted by atomic mass is 9.64. The Bertz CT molecular complexity index is 433. The van der Waals surface area contributed by atoms with Gasteiger partial charge >= 0.3 is 0 Å². The predicted octanol–water partition coefficient (Wildman–Crippen LogP) is 6.86. The average molecular weight is 341 g/mol. The van der Waals surface area contributed by atoms with E-state index >= 15 is 0 Å². The van der Waals surface area contributed by atoms with E-state index in [2.05, 4.69) is 25.2 Å². The third-order valence-electron chi connectivity index (χ3n) is 6.26. The molecule has 4 unspecified atom stereocenters. The van der Waals surface area contributed by atoms with Crippen LogP contribution < -0.4 is 0 Å². The maximum atomic E-state index is 7.53. The molecule has 0 radical (unpaired) electrons. The first-order chi connectivity index (χ1) is 10.6. The van der Waals surface area contributed by atoms with Crippen molar-refractivity contribution in [2.24, 2.45) is 17.8 Å². The standard InChI is InChI=1S/C20H30Cl2/c1-15-11-13-17(14-12-15)20(22,16-7-3-2-4-8-16)18-9-5-6-10-19(18)21/h5-6,13,15-16,18-19H,2-4,7-12,14H2,1H3. The topological polar surface area (TPSA) is 0 Å². The van der Waals surface area contributed by atoms with Gasteiger partial charge in [-0.05, 0) is 56.8 Å². The van der Waals surface area contributed by atoms with Crippen LogP contribution in [-0.4, -0.2) is 10.3 Å². The minimum Gasteiger partial charge on any atom is -0.122 e. The lowest BCUT2D eigenvalue weighted by Gasteiger charge is -2.48. The maximum absolute atomic E-state index is 7.53. The van der Waals surface area contributed by atoms with E-state index in [1.807, 2.05) is 0 Å². The molecule has 0 bridgehead atoms. The molecule has 0 aromatic heterocycles. The van der Waals surface area contributed by atoms with Crippen LogP contribution in [0.5, 0.6) is 0 Å². The summed E-state index contributed by atoms with van der Waals surface area (Å²) in [6, 6.07) is 0. The molecule has 0 amide bonds. The van der Waals surface area contributed by atoms with Crippen molar-refractivity contribution in [3.05, 3.63) is 23.8 Å². The van der Waals surface area contributed by atoms with Crippen molar-refractivity contribution in [1.82, 2.24) is 0 Å². The summed E-state index contributed by atoms with van der Waals surface area (Å²) in [7, 11) is 0. The van der Waals surface area contributed by atoms with Crippen molar-refractivity contribution in [3.63, 3.8) is 0 Å². The Kier molecular flexibility index (Phi) is 5.61. The van der Waals surface area contributed by atoms with Crippen LogP contribution in [0.25, 0.3) is 0 Å². The Morgan fingerprint density at radius 1 is 1.00 bits per heavy atom. The number of halogens is 2. The molecule has 0 heterocycles. The van der Waals surface area contributed by atoms with Crippen LogP contribution in [0.4, 0.5) is 0 Å². The molecule has 0 aromatic carbocycles. The molecule has 0 aliphatic heterocycles. The molecule has 4 atom stereocenters. The lowest BCUT2D eigenvalue weighted by molar-refractivity contribution is 0.217. The molecule has 2 heteroatoms. The first kappa shape index (κ1) is 16.9. The van der Waals surface area contributed by atoms with E-state index in [9.17, 15) is 0 Å². The molecule has 0 saturated heterocycles. The van der Waals surface area contributed by atoms with Crippen LogP contribution in [0.15, 0.2) is 23.8 Å². The number of hydrogen-bond donors (Lipinski definition) is 0. The molecule has 124 valence electrons. The van der Waals surface area contributed by atoms with Crippen molar-refractivity contribution in [2.75, 3.05) is 0 Å². The highest BCUT2D eigenvalue weighted by atomic mass is 35.5. The average Bonchev–Trinajstić information content (AvgIpc) is 2.56. The number of rotatable bonds is 3. The molecule has 3 aliphatic carbocycles. The van der Waals surface area contributed by atoms with Gasteiger partial charge in [0.25, 0.3) is 0 Å². The number of alkyl halides is 2. The van der Waals surface area contributed by atoms with Gasteiger partial charge in [-0.25, -0.2) is 0 Å². The number of allylic oxidation sites excluding steroid dienone is 4. The molecule has 0 nitrogen and oxygen atoms in total. The van der Waals surface area contributed by atoms with E-state index in [0.717, 1.165) is 18.8 Å². The zero-order valence-electron chi connectivity index (χ0n) is 13.9. The van der Waals surface area contributed by atoms with Gasteiger partial charge < -0.3 is 0 Å². The lowest BCUT2D eigenvalue weighted by Crippen LogP contribution is -2.47. The molecular weight excluding hydrogens is 311 g/mol. The Labute approximate surface area is 146 Å². The van der Waals surface area contributed by atoms with E-state index < -0.39 is 0 Å². The van der Waals surface area contributed by atoms with Gasteiger partial charge in [0.15, 0.2) is 0 Å². The van der Waals surface area contributed by atoms with Crippen LogP contribution in [0.2, 0.25) is 0 Å². The third-order valence-corrected chi connectivity index (χ3v) is 7.57. The first-order valence-electron chi connectivity index (χ1n) is 9.30. The minimum atomic E-state index is -0.183. The van der Waals surface area contributed by atoms with Gasteiger partial charge in [0, 0.05) is 11.3 Å². The monoisotopic (exact) mass is 340 g/mol.